The van der Waals surface area contributed by atoms with E-state index in [1.54, 1.807) is 0 Å². The zero-order valence-corrected chi connectivity index (χ0v) is 16.8. The number of amides is 1. The molecule has 4 rings (SSSR count). The predicted octanol–water partition coefficient (Wildman–Crippen LogP) is 4.32. The minimum atomic E-state index is -0.0509. The van der Waals surface area contributed by atoms with Gasteiger partial charge in [-0.2, -0.15) is 0 Å². The molecule has 1 atom stereocenters. The topological polar surface area (TPSA) is 63.2 Å². The fraction of sp³-hybridized carbons (Fsp3) is 0.333. The maximum atomic E-state index is 12.5. The van der Waals surface area contributed by atoms with E-state index in [0.717, 1.165) is 53.7 Å². The van der Waals surface area contributed by atoms with E-state index in [9.17, 15) is 4.79 Å². The average Bonchev–Trinajstić information content (AvgIpc) is 3.29. The summed E-state index contributed by atoms with van der Waals surface area (Å²) in [4.78, 5) is 17.2. The van der Waals surface area contributed by atoms with Crippen molar-refractivity contribution in [2.45, 2.75) is 38.8 Å². The monoisotopic (exact) mass is 389 g/mol. The number of nitrogens with zero attached hydrogens (tertiary/aromatic N) is 1. The molecule has 0 saturated carbocycles. The number of pyridine rings is 1. The van der Waals surface area contributed by atoms with Gasteiger partial charge >= 0.3 is 0 Å². The number of ether oxygens (including phenoxy) is 1. The summed E-state index contributed by atoms with van der Waals surface area (Å²) in [6.07, 6.45) is 3.13. The summed E-state index contributed by atoms with van der Waals surface area (Å²) in [7, 11) is 0. The van der Waals surface area contributed by atoms with Crippen molar-refractivity contribution in [2.24, 2.45) is 0 Å². The van der Waals surface area contributed by atoms with Gasteiger partial charge in [-0.05, 0) is 49.1 Å². The number of hydrogen-bond acceptors (Lipinski definition) is 4. The molecule has 0 radical (unpaired) electrons. The Hall–Kier alpha value is -2.92. The number of nitrogens with one attached hydrogen (secondary N) is 2. The van der Waals surface area contributed by atoms with E-state index >= 15 is 0 Å². The van der Waals surface area contributed by atoms with Gasteiger partial charge in [-0.1, -0.05) is 37.3 Å². The van der Waals surface area contributed by atoms with Crippen molar-refractivity contribution in [3.63, 3.8) is 0 Å². The van der Waals surface area contributed by atoms with Gasteiger partial charge in [0.1, 0.15) is 0 Å². The molecule has 2 N–H and O–H groups in total. The SMILES string of the molecule is CCc1cc(NCc2cccc(C(=O)NCC3CCCO3)c2)c2ccccc2n1. The van der Waals surface area contributed by atoms with E-state index in [4.69, 9.17) is 9.72 Å². The van der Waals surface area contributed by atoms with Crippen LogP contribution in [0.3, 0.4) is 0 Å². The highest BCUT2D eigenvalue weighted by atomic mass is 16.5. The van der Waals surface area contributed by atoms with Crippen LogP contribution in [0.4, 0.5) is 5.69 Å². The molecule has 150 valence electrons. The molecule has 2 aromatic carbocycles. The summed E-state index contributed by atoms with van der Waals surface area (Å²) in [6, 6.07) is 18.0. The normalized spacial score (nSPS) is 16.1. The Morgan fingerprint density at radius 2 is 2.07 bits per heavy atom. The second-order valence-corrected chi connectivity index (χ2v) is 7.43. The summed E-state index contributed by atoms with van der Waals surface area (Å²) >= 11 is 0. The number of benzene rings is 2. The average molecular weight is 389 g/mol. The minimum Gasteiger partial charge on any atom is -0.380 e. The molecular formula is C24H27N3O2. The largest absolute Gasteiger partial charge is 0.380 e. The number of hydrogen-bond donors (Lipinski definition) is 2. The van der Waals surface area contributed by atoms with Crippen molar-refractivity contribution in [3.8, 4) is 0 Å². The summed E-state index contributed by atoms with van der Waals surface area (Å²) in [5.41, 5.74) is 4.87. The van der Waals surface area contributed by atoms with Gasteiger partial charge in [0, 0.05) is 42.0 Å². The number of fused-ring (bicyclic) bond motifs is 1. The van der Waals surface area contributed by atoms with Crippen molar-refractivity contribution in [1.82, 2.24) is 10.3 Å². The van der Waals surface area contributed by atoms with Gasteiger partial charge in [-0.3, -0.25) is 9.78 Å². The van der Waals surface area contributed by atoms with Crippen LogP contribution >= 0.6 is 0 Å². The molecular weight excluding hydrogens is 362 g/mol. The Morgan fingerprint density at radius 3 is 2.90 bits per heavy atom. The lowest BCUT2D eigenvalue weighted by atomic mass is 10.1. The molecule has 0 bridgehead atoms. The molecule has 1 aliphatic rings. The van der Waals surface area contributed by atoms with Gasteiger partial charge in [0.25, 0.3) is 5.91 Å². The highest BCUT2D eigenvalue weighted by Crippen LogP contribution is 2.24. The van der Waals surface area contributed by atoms with Crippen LogP contribution in [-0.4, -0.2) is 30.1 Å². The zero-order valence-electron chi connectivity index (χ0n) is 16.8. The predicted molar refractivity (Wildman–Crippen MR) is 116 cm³/mol. The molecule has 5 heteroatoms. The van der Waals surface area contributed by atoms with Gasteiger partial charge in [0.2, 0.25) is 0 Å². The fourth-order valence-electron chi connectivity index (χ4n) is 3.69. The van der Waals surface area contributed by atoms with E-state index < -0.39 is 0 Å². The number of aromatic nitrogens is 1. The van der Waals surface area contributed by atoms with Gasteiger partial charge in [-0.15, -0.1) is 0 Å². The Balaban J connectivity index is 1.44. The van der Waals surface area contributed by atoms with Crippen LogP contribution in [0.1, 0.15) is 41.4 Å². The zero-order chi connectivity index (χ0) is 20.1. The highest BCUT2D eigenvalue weighted by molar-refractivity contribution is 5.94. The van der Waals surface area contributed by atoms with Crippen LogP contribution < -0.4 is 10.6 Å². The van der Waals surface area contributed by atoms with Crippen molar-refractivity contribution >= 4 is 22.5 Å². The summed E-state index contributed by atoms with van der Waals surface area (Å²) < 4.78 is 5.57. The highest BCUT2D eigenvalue weighted by Gasteiger charge is 2.16. The molecule has 3 aromatic rings. The summed E-state index contributed by atoms with van der Waals surface area (Å²) in [6.45, 7) is 4.12. The number of carbonyl (C=O) groups is 1. The van der Waals surface area contributed by atoms with Crippen LogP contribution in [-0.2, 0) is 17.7 Å². The van der Waals surface area contributed by atoms with E-state index in [2.05, 4.69) is 29.7 Å². The Morgan fingerprint density at radius 1 is 1.17 bits per heavy atom. The van der Waals surface area contributed by atoms with Crippen LogP contribution in [0.25, 0.3) is 10.9 Å². The van der Waals surface area contributed by atoms with Crippen LogP contribution in [0.2, 0.25) is 0 Å². The second kappa shape index (κ2) is 9.05. The molecule has 1 amide bonds. The van der Waals surface area contributed by atoms with Crippen molar-refractivity contribution in [3.05, 3.63) is 71.4 Å². The van der Waals surface area contributed by atoms with Crippen LogP contribution in [0.15, 0.2) is 54.6 Å². The standard InChI is InChI=1S/C24H27N3O2/c1-2-19-14-23(21-10-3-4-11-22(21)27-19)25-15-17-7-5-8-18(13-17)24(28)26-16-20-9-6-12-29-20/h3-5,7-8,10-11,13-14,20H,2,6,9,12,15-16H2,1H3,(H,25,27)(H,26,28). The van der Waals surface area contributed by atoms with Crippen molar-refractivity contribution in [1.29, 1.82) is 0 Å². The molecule has 0 aliphatic carbocycles. The quantitative estimate of drug-likeness (QED) is 0.632. The third kappa shape index (κ3) is 4.74. The maximum absolute atomic E-state index is 12.5. The molecule has 2 heterocycles. The smallest absolute Gasteiger partial charge is 0.251 e. The number of para-hydroxylation sites is 1. The number of anilines is 1. The van der Waals surface area contributed by atoms with E-state index in [-0.39, 0.29) is 12.0 Å². The van der Waals surface area contributed by atoms with E-state index in [1.807, 2.05) is 42.5 Å². The lowest BCUT2D eigenvalue weighted by Gasteiger charge is -2.13. The molecule has 1 fully saturated rings. The molecule has 5 nitrogen and oxygen atoms in total. The Kier molecular flexibility index (Phi) is 6.06. The van der Waals surface area contributed by atoms with Gasteiger partial charge in [0.15, 0.2) is 0 Å². The lowest BCUT2D eigenvalue weighted by Crippen LogP contribution is -2.31. The summed E-state index contributed by atoms with van der Waals surface area (Å²) in [5, 5.41) is 7.63. The maximum Gasteiger partial charge on any atom is 0.251 e. The number of rotatable bonds is 7. The second-order valence-electron chi connectivity index (χ2n) is 7.43. The van der Waals surface area contributed by atoms with Gasteiger partial charge in [-0.25, -0.2) is 0 Å². The third-order valence-corrected chi connectivity index (χ3v) is 5.32. The molecule has 1 saturated heterocycles. The Labute approximate surface area is 171 Å². The van der Waals surface area contributed by atoms with Crippen molar-refractivity contribution < 1.29 is 9.53 Å². The van der Waals surface area contributed by atoms with Crippen LogP contribution in [0.5, 0.6) is 0 Å². The first-order chi connectivity index (χ1) is 14.2. The summed E-state index contributed by atoms with van der Waals surface area (Å²) in [5.74, 6) is -0.0509. The van der Waals surface area contributed by atoms with Gasteiger partial charge in [0.05, 0.1) is 11.6 Å². The van der Waals surface area contributed by atoms with Gasteiger partial charge < -0.3 is 15.4 Å². The fourth-order valence-corrected chi connectivity index (χ4v) is 3.69. The minimum absolute atomic E-state index is 0.0509. The van der Waals surface area contributed by atoms with Crippen molar-refractivity contribution in [2.75, 3.05) is 18.5 Å². The third-order valence-electron chi connectivity index (χ3n) is 5.32. The molecule has 1 unspecified atom stereocenters. The first-order valence-corrected chi connectivity index (χ1v) is 10.3. The Bertz CT molecular complexity index is 996. The van der Waals surface area contributed by atoms with Crippen LogP contribution in [0, 0.1) is 0 Å². The number of carbonyl (C=O) groups excluding carboxylic acids is 1. The molecule has 29 heavy (non-hydrogen) atoms. The van der Waals surface area contributed by atoms with E-state index in [1.165, 1.54) is 0 Å². The molecule has 0 spiro atoms. The number of aryl methyl sites for hydroxylation is 1. The first-order valence-electron chi connectivity index (χ1n) is 10.3. The molecule has 1 aromatic heterocycles. The van der Waals surface area contributed by atoms with E-state index in [0.29, 0.717) is 18.7 Å². The first kappa shape index (κ1) is 19.4. The lowest BCUT2D eigenvalue weighted by molar-refractivity contribution is 0.0857. The molecule has 1 aliphatic heterocycles.